The molecule has 0 fully saturated rings. The second-order valence-corrected chi connectivity index (χ2v) is 6.24. The van der Waals surface area contributed by atoms with E-state index in [2.05, 4.69) is 16.6 Å². The van der Waals surface area contributed by atoms with Crippen LogP contribution in [0.1, 0.15) is 31.6 Å². The summed E-state index contributed by atoms with van der Waals surface area (Å²) in [4.78, 5) is 23.9. The number of thiophene rings is 1. The molecular weight excluding hydrogens is 333 g/mol. The number of ether oxygens (including phenoxy) is 2. The quantitative estimate of drug-likeness (QED) is 0.634. The number of rotatable bonds is 5. The first-order valence-electron chi connectivity index (χ1n) is 6.37. The largest absolute Gasteiger partial charge is 0.466 e. The van der Waals surface area contributed by atoms with Crippen molar-refractivity contribution in [3.8, 4) is 0 Å². The van der Waals surface area contributed by atoms with Crippen LogP contribution in [0.2, 0.25) is 5.02 Å². The van der Waals surface area contributed by atoms with Crippen molar-refractivity contribution in [2.75, 3.05) is 12.4 Å². The molecule has 1 amide bonds. The monoisotopic (exact) mass is 349 g/mol. The number of anilines is 1. The lowest BCUT2D eigenvalue weighted by atomic mass is 10.2. The molecule has 1 N–H and O–H groups in total. The Morgan fingerprint density at radius 1 is 1.41 bits per heavy atom. The number of halogens is 2. The molecule has 0 spiro atoms. The van der Waals surface area contributed by atoms with Crippen LogP contribution in [0.25, 0.3) is 0 Å². The predicted octanol–water partition coefficient (Wildman–Crippen LogP) is 4.33. The van der Waals surface area contributed by atoms with E-state index in [0.717, 1.165) is 18.4 Å². The fourth-order valence-electron chi connectivity index (χ4n) is 1.57. The van der Waals surface area contributed by atoms with Crippen LogP contribution in [-0.2, 0) is 14.3 Å². The molecule has 8 heteroatoms. The summed E-state index contributed by atoms with van der Waals surface area (Å²) in [5.74, 6) is -0.765. The number of hydrogen-bond donors (Lipinski definition) is 1. The highest BCUT2D eigenvalue weighted by Crippen LogP contribution is 2.40. The number of carbonyl (C=O) groups is 2. The Kier molecular flexibility index (Phi) is 6.37. The Hall–Kier alpha value is -1.60. The Labute approximate surface area is 137 Å². The molecule has 1 aromatic heterocycles. The molecule has 1 heterocycles. The van der Waals surface area contributed by atoms with E-state index >= 15 is 0 Å². The Morgan fingerprint density at radius 2 is 2.00 bits per heavy atom. The Bertz CT molecular complexity index is 600. The van der Waals surface area contributed by atoms with Gasteiger partial charge in [0.2, 0.25) is 11.2 Å². The maximum Gasteiger partial charge on any atom is 0.412 e. The zero-order chi connectivity index (χ0) is 17.0. The van der Waals surface area contributed by atoms with Crippen molar-refractivity contribution in [2.24, 2.45) is 0 Å². The van der Waals surface area contributed by atoms with E-state index in [1.54, 1.807) is 0 Å². The van der Waals surface area contributed by atoms with Gasteiger partial charge in [0.15, 0.2) is 0 Å². The predicted molar refractivity (Wildman–Crippen MR) is 84.1 cm³/mol. The number of nitrogens with one attached hydrogen (secondary N) is 1. The average molecular weight is 350 g/mol. The van der Waals surface area contributed by atoms with Gasteiger partial charge in [0.1, 0.15) is 5.69 Å². The first-order valence-corrected chi connectivity index (χ1v) is 7.57. The lowest BCUT2D eigenvalue weighted by Crippen LogP contribution is -2.31. The highest BCUT2D eigenvalue weighted by molar-refractivity contribution is 7.11. The number of amides is 1. The van der Waals surface area contributed by atoms with E-state index in [1.165, 1.54) is 6.92 Å². The van der Waals surface area contributed by atoms with Gasteiger partial charge in [0.05, 0.1) is 12.1 Å². The molecule has 1 atom stereocenters. The topological polar surface area (TPSA) is 64.6 Å². The number of esters is 1. The fourth-order valence-corrected chi connectivity index (χ4v) is 2.97. The molecule has 0 saturated carbocycles. The van der Waals surface area contributed by atoms with Gasteiger partial charge in [-0.05, 0) is 18.4 Å². The summed E-state index contributed by atoms with van der Waals surface area (Å²) >= 11 is 6.90. The molecule has 0 bridgehead atoms. The molecule has 22 heavy (non-hydrogen) atoms. The molecule has 5 nitrogen and oxygen atoms in total. The van der Waals surface area contributed by atoms with Gasteiger partial charge in [-0.2, -0.15) is 4.39 Å². The molecule has 1 aromatic rings. The standard InChI is InChI=1S/C14H17ClFNO4S/c1-6(2)10(13(18)20-5)21-14(19)17-9-8(15)11(7(3)4)22-12(9)16/h7,10H,1H2,2-5H3,(H,17,19). The SMILES string of the molecule is C=C(C)C(OC(=O)Nc1c(F)sc(C(C)C)c1Cl)C(=O)OC. The molecule has 0 aliphatic heterocycles. The third-order valence-electron chi connectivity index (χ3n) is 2.67. The average Bonchev–Trinajstić information content (AvgIpc) is 2.71. The van der Waals surface area contributed by atoms with E-state index in [9.17, 15) is 14.0 Å². The van der Waals surface area contributed by atoms with Gasteiger partial charge in [-0.15, -0.1) is 11.3 Å². The summed E-state index contributed by atoms with van der Waals surface area (Å²) in [5.41, 5.74) is 0.118. The van der Waals surface area contributed by atoms with Crippen molar-refractivity contribution >= 4 is 40.7 Å². The minimum absolute atomic E-state index is 0.0109. The summed E-state index contributed by atoms with van der Waals surface area (Å²) in [6, 6.07) is 0. The van der Waals surface area contributed by atoms with Crippen LogP contribution in [0.3, 0.4) is 0 Å². The minimum Gasteiger partial charge on any atom is -0.466 e. The highest BCUT2D eigenvalue weighted by Gasteiger charge is 2.27. The van der Waals surface area contributed by atoms with Crippen LogP contribution in [0, 0.1) is 5.13 Å². The highest BCUT2D eigenvalue weighted by atomic mass is 35.5. The zero-order valence-electron chi connectivity index (χ0n) is 12.7. The molecule has 0 aliphatic rings. The van der Waals surface area contributed by atoms with E-state index in [1.807, 2.05) is 13.8 Å². The summed E-state index contributed by atoms with van der Waals surface area (Å²) in [6.07, 6.45) is -2.29. The Morgan fingerprint density at radius 3 is 2.41 bits per heavy atom. The molecule has 0 radical (unpaired) electrons. The van der Waals surface area contributed by atoms with Crippen LogP contribution in [0.15, 0.2) is 12.2 Å². The maximum absolute atomic E-state index is 13.9. The van der Waals surface area contributed by atoms with Gasteiger partial charge in [0, 0.05) is 4.88 Å². The summed E-state index contributed by atoms with van der Waals surface area (Å²) in [6.45, 7) is 8.76. The zero-order valence-corrected chi connectivity index (χ0v) is 14.2. The molecule has 1 rings (SSSR count). The van der Waals surface area contributed by atoms with E-state index < -0.39 is 23.3 Å². The van der Waals surface area contributed by atoms with Crippen LogP contribution in [0.5, 0.6) is 0 Å². The van der Waals surface area contributed by atoms with Gasteiger partial charge in [-0.1, -0.05) is 32.0 Å². The van der Waals surface area contributed by atoms with Crippen molar-refractivity contribution in [3.05, 3.63) is 27.2 Å². The normalized spacial score (nSPS) is 12.0. The summed E-state index contributed by atoms with van der Waals surface area (Å²) in [5, 5.41) is 1.71. The van der Waals surface area contributed by atoms with Crippen LogP contribution in [-0.4, -0.2) is 25.3 Å². The molecule has 0 saturated heterocycles. The van der Waals surface area contributed by atoms with Gasteiger partial charge < -0.3 is 9.47 Å². The van der Waals surface area contributed by atoms with Gasteiger partial charge in [-0.25, -0.2) is 9.59 Å². The summed E-state index contributed by atoms with van der Waals surface area (Å²) < 4.78 is 23.3. The number of hydrogen-bond acceptors (Lipinski definition) is 5. The number of carbonyl (C=O) groups excluding carboxylic acids is 2. The van der Waals surface area contributed by atoms with E-state index in [0.29, 0.717) is 4.88 Å². The van der Waals surface area contributed by atoms with Crippen LogP contribution >= 0.6 is 22.9 Å². The van der Waals surface area contributed by atoms with E-state index in [-0.39, 0.29) is 22.2 Å². The second-order valence-electron chi connectivity index (χ2n) is 4.86. The van der Waals surface area contributed by atoms with Crippen molar-refractivity contribution in [2.45, 2.75) is 32.8 Å². The number of methoxy groups -OCH3 is 1. The third-order valence-corrected chi connectivity index (χ3v) is 4.45. The van der Waals surface area contributed by atoms with Crippen molar-refractivity contribution < 1.29 is 23.5 Å². The van der Waals surface area contributed by atoms with Crippen molar-refractivity contribution in [1.82, 2.24) is 0 Å². The van der Waals surface area contributed by atoms with Gasteiger partial charge >= 0.3 is 12.1 Å². The van der Waals surface area contributed by atoms with Gasteiger partial charge in [-0.3, -0.25) is 5.32 Å². The fraction of sp³-hybridized carbons (Fsp3) is 0.429. The Balaban J connectivity index is 2.89. The molecule has 1 unspecified atom stereocenters. The second kappa shape index (κ2) is 7.60. The minimum atomic E-state index is -1.27. The smallest absolute Gasteiger partial charge is 0.412 e. The van der Waals surface area contributed by atoms with E-state index in [4.69, 9.17) is 16.3 Å². The van der Waals surface area contributed by atoms with Crippen LogP contribution in [0.4, 0.5) is 14.9 Å². The van der Waals surface area contributed by atoms with Crippen LogP contribution < -0.4 is 5.32 Å². The molecule has 0 aromatic carbocycles. The lowest BCUT2D eigenvalue weighted by Gasteiger charge is -2.15. The molecule has 122 valence electrons. The van der Waals surface area contributed by atoms with Crippen molar-refractivity contribution in [3.63, 3.8) is 0 Å². The van der Waals surface area contributed by atoms with Crippen molar-refractivity contribution in [1.29, 1.82) is 0 Å². The first-order chi connectivity index (χ1) is 10.2. The molecular formula is C14H17ClFNO4S. The van der Waals surface area contributed by atoms with Gasteiger partial charge in [0.25, 0.3) is 0 Å². The first kappa shape index (κ1) is 18.4. The third kappa shape index (κ3) is 4.20. The maximum atomic E-state index is 13.9. The lowest BCUT2D eigenvalue weighted by molar-refractivity contribution is -0.148. The summed E-state index contributed by atoms with van der Waals surface area (Å²) in [7, 11) is 1.16. The molecule has 0 aliphatic carbocycles.